The highest BCUT2D eigenvalue weighted by molar-refractivity contribution is 7.92. The molecule has 0 unspecified atom stereocenters. The van der Waals surface area contributed by atoms with Crippen LogP contribution in [0.25, 0.3) is 11.0 Å². The smallest absolute Gasteiger partial charge is 0.262 e. The number of hydrogen-bond donors (Lipinski definition) is 1. The summed E-state index contributed by atoms with van der Waals surface area (Å²) in [6, 6.07) is 16.3. The number of hydrogen-bond acceptors (Lipinski definition) is 6. The van der Waals surface area contributed by atoms with Crippen LogP contribution >= 0.6 is 0 Å². The lowest BCUT2D eigenvalue weighted by Gasteiger charge is -2.10. The van der Waals surface area contributed by atoms with Gasteiger partial charge in [0.15, 0.2) is 17.3 Å². The number of carbonyl (C=O) groups is 1. The molecule has 9 heteroatoms. The molecule has 4 aromatic rings. The van der Waals surface area contributed by atoms with E-state index in [0.717, 1.165) is 6.07 Å². The molecule has 170 valence electrons. The first-order valence-electron chi connectivity index (χ1n) is 9.99. The Kier molecular flexibility index (Phi) is 6.06. The van der Waals surface area contributed by atoms with Gasteiger partial charge in [-0.25, -0.2) is 12.8 Å². The lowest BCUT2D eigenvalue weighted by molar-refractivity contribution is 0.101. The molecule has 4 rings (SSSR count). The number of furan rings is 1. The number of methoxy groups -OCH3 is 1. The molecule has 0 saturated heterocycles. The van der Waals surface area contributed by atoms with Crippen LogP contribution < -0.4 is 14.2 Å². The normalized spacial score (nSPS) is 11.4. The lowest BCUT2D eigenvalue weighted by atomic mass is 10.1. The summed E-state index contributed by atoms with van der Waals surface area (Å²) >= 11 is 0. The summed E-state index contributed by atoms with van der Waals surface area (Å²) in [5.74, 6) is -1.02. The van der Waals surface area contributed by atoms with Crippen molar-refractivity contribution >= 4 is 32.5 Å². The van der Waals surface area contributed by atoms with E-state index in [1.807, 2.05) is 6.92 Å². The lowest BCUT2D eigenvalue weighted by Crippen LogP contribution is -2.15. The molecule has 33 heavy (non-hydrogen) atoms. The number of anilines is 1. The third-order valence-corrected chi connectivity index (χ3v) is 6.25. The van der Waals surface area contributed by atoms with E-state index in [9.17, 15) is 17.6 Å². The molecule has 0 bridgehead atoms. The summed E-state index contributed by atoms with van der Waals surface area (Å²) < 4.78 is 58.6. The topological polar surface area (TPSA) is 94.8 Å². The molecule has 0 aliphatic carbocycles. The van der Waals surface area contributed by atoms with Gasteiger partial charge in [0.05, 0.1) is 18.6 Å². The van der Waals surface area contributed by atoms with Gasteiger partial charge in [0.1, 0.15) is 17.0 Å². The van der Waals surface area contributed by atoms with Crippen molar-refractivity contribution in [3.8, 4) is 11.5 Å². The Morgan fingerprint density at radius 2 is 1.79 bits per heavy atom. The highest BCUT2D eigenvalue weighted by atomic mass is 32.2. The van der Waals surface area contributed by atoms with Gasteiger partial charge in [-0.3, -0.25) is 9.52 Å². The quantitative estimate of drug-likeness (QED) is 0.365. The fraction of sp³-hybridized carbons (Fsp3) is 0.125. The Hall–Kier alpha value is -3.85. The maximum atomic E-state index is 14.1. The van der Waals surface area contributed by atoms with E-state index >= 15 is 0 Å². The minimum atomic E-state index is -4.25. The van der Waals surface area contributed by atoms with E-state index in [1.54, 1.807) is 48.5 Å². The number of sulfonamides is 1. The molecule has 0 spiro atoms. The van der Waals surface area contributed by atoms with Crippen molar-refractivity contribution in [2.45, 2.75) is 11.8 Å². The number of benzene rings is 3. The molecular formula is C24H20FNO6S. The maximum Gasteiger partial charge on any atom is 0.262 e. The van der Waals surface area contributed by atoms with Gasteiger partial charge in [0, 0.05) is 10.9 Å². The van der Waals surface area contributed by atoms with E-state index < -0.39 is 21.6 Å². The van der Waals surface area contributed by atoms with Crippen LogP contribution in [0, 0.1) is 5.82 Å². The molecule has 1 heterocycles. The van der Waals surface area contributed by atoms with Gasteiger partial charge in [-0.2, -0.15) is 0 Å². The SMILES string of the molecule is CCOc1ccc(C(=O)c2oc3ccccc3c2NS(=O)(=O)c2ccc(OC)c(F)c2)cc1. The fourth-order valence-corrected chi connectivity index (χ4v) is 4.41. The van der Waals surface area contributed by atoms with Crippen molar-refractivity contribution < 1.29 is 31.5 Å². The number of rotatable bonds is 8. The van der Waals surface area contributed by atoms with Gasteiger partial charge in [0.25, 0.3) is 10.0 Å². The van der Waals surface area contributed by atoms with Crippen LogP contribution in [0.2, 0.25) is 0 Å². The number of halogens is 1. The summed E-state index contributed by atoms with van der Waals surface area (Å²) in [4.78, 5) is 12.9. The van der Waals surface area contributed by atoms with Crippen LogP contribution in [0.15, 0.2) is 76.0 Å². The summed E-state index contributed by atoms with van der Waals surface area (Å²) in [6.45, 7) is 2.33. The molecule has 1 aromatic heterocycles. The average molecular weight is 469 g/mol. The summed E-state index contributed by atoms with van der Waals surface area (Å²) in [6.07, 6.45) is 0. The Labute approximate surface area is 189 Å². The first-order chi connectivity index (χ1) is 15.8. The number of carbonyl (C=O) groups excluding carboxylic acids is 1. The van der Waals surface area contributed by atoms with Gasteiger partial charge in [-0.05, 0) is 61.5 Å². The molecule has 3 aromatic carbocycles. The number of para-hydroxylation sites is 1. The third-order valence-electron chi connectivity index (χ3n) is 4.90. The van der Waals surface area contributed by atoms with Crippen molar-refractivity contribution in [3.05, 3.63) is 83.9 Å². The van der Waals surface area contributed by atoms with E-state index in [0.29, 0.717) is 23.3 Å². The van der Waals surface area contributed by atoms with E-state index in [4.69, 9.17) is 13.9 Å². The van der Waals surface area contributed by atoms with E-state index in [2.05, 4.69) is 4.72 Å². The third kappa shape index (κ3) is 4.40. The number of nitrogens with one attached hydrogen (secondary N) is 1. The zero-order chi connectivity index (χ0) is 23.6. The molecule has 0 radical (unpaired) electrons. The second-order valence-electron chi connectivity index (χ2n) is 6.99. The summed E-state index contributed by atoms with van der Waals surface area (Å²) in [7, 11) is -2.97. The van der Waals surface area contributed by atoms with Crippen LogP contribution in [0.5, 0.6) is 11.5 Å². The standard InChI is InChI=1S/C24H20FNO6S/c1-3-31-16-10-8-15(9-11-16)23(27)24-22(18-6-4-5-7-20(18)32-24)26-33(28,29)17-12-13-21(30-2)19(25)14-17/h4-14,26H,3H2,1-2H3. The highest BCUT2D eigenvalue weighted by Gasteiger charge is 2.26. The van der Waals surface area contributed by atoms with Gasteiger partial charge < -0.3 is 13.9 Å². The zero-order valence-electron chi connectivity index (χ0n) is 17.8. The van der Waals surface area contributed by atoms with Crippen molar-refractivity contribution in [1.82, 2.24) is 0 Å². The second kappa shape index (κ2) is 8.95. The molecule has 1 N–H and O–H groups in total. The van der Waals surface area contributed by atoms with Crippen molar-refractivity contribution in [2.24, 2.45) is 0 Å². The largest absolute Gasteiger partial charge is 0.494 e. The monoisotopic (exact) mass is 469 g/mol. The molecule has 0 amide bonds. The predicted octanol–water partition coefficient (Wildman–Crippen LogP) is 5.01. The maximum absolute atomic E-state index is 14.1. The Morgan fingerprint density at radius 3 is 2.45 bits per heavy atom. The van der Waals surface area contributed by atoms with Gasteiger partial charge >= 0.3 is 0 Å². The van der Waals surface area contributed by atoms with Crippen LogP contribution in [0.1, 0.15) is 23.0 Å². The Morgan fingerprint density at radius 1 is 1.06 bits per heavy atom. The van der Waals surface area contributed by atoms with Gasteiger partial charge in [-0.1, -0.05) is 12.1 Å². The van der Waals surface area contributed by atoms with Crippen LogP contribution in [-0.2, 0) is 10.0 Å². The summed E-state index contributed by atoms with van der Waals surface area (Å²) in [5.41, 5.74) is 0.583. The van der Waals surface area contributed by atoms with Crippen molar-refractivity contribution in [2.75, 3.05) is 18.4 Å². The number of ether oxygens (including phenoxy) is 2. The Bertz CT molecular complexity index is 1430. The highest BCUT2D eigenvalue weighted by Crippen LogP contribution is 2.34. The average Bonchev–Trinajstić information content (AvgIpc) is 3.17. The van der Waals surface area contributed by atoms with Gasteiger partial charge in [0.2, 0.25) is 5.78 Å². The molecule has 0 atom stereocenters. The minimum absolute atomic E-state index is 0.0271. The first kappa shape index (κ1) is 22.3. The van der Waals surface area contributed by atoms with Crippen LogP contribution in [0.4, 0.5) is 10.1 Å². The molecule has 0 fully saturated rings. The molecule has 7 nitrogen and oxygen atoms in total. The number of ketones is 1. The van der Waals surface area contributed by atoms with Crippen molar-refractivity contribution in [1.29, 1.82) is 0 Å². The molecule has 0 aliphatic rings. The fourth-order valence-electron chi connectivity index (χ4n) is 3.31. The molecule has 0 aliphatic heterocycles. The van der Waals surface area contributed by atoms with Gasteiger partial charge in [-0.15, -0.1) is 0 Å². The zero-order valence-corrected chi connectivity index (χ0v) is 18.6. The predicted molar refractivity (Wildman–Crippen MR) is 121 cm³/mol. The van der Waals surface area contributed by atoms with Crippen LogP contribution in [0.3, 0.4) is 0 Å². The first-order valence-corrected chi connectivity index (χ1v) is 11.5. The molecule has 0 saturated carbocycles. The van der Waals surface area contributed by atoms with E-state index in [-0.39, 0.29) is 27.7 Å². The Balaban J connectivity index is 1.76. The minimum Gasteiger partial charge on any atom is -0.494 e. The van der Waals surface area contributed by atoms with Crippen LogP contribution in [-0.4, -0.2) is 27.9 Å². The second-order valence-corrected chi connectivity index (χ2v) is 8.67. The number of fused-ring (bicyclic) bond motifs is 1. The van der Waals surface area contributed by atoms with E-state index in [1.165, 1.54) is 19.2 Å². The van der Waals surface area contributed by atoms with Crippen molar-refractivity contribution in [3.63, 3.8) is 0 Å². The summed E-state index contributed by atoms with van der Waals surface area (Å²) in [5, 5.41) is 0.393. The molecular weight excluding hydrogens is 449 g/mol.